The summed E-state index contributed by atoms with van der Waals surface area (Å²) in [6, 6.07) is 1.70. The Kier molecular flexibility index (Phi) is 4.57. The van der Waals surface area contributed by atoms with Crippen LogP contribution in [0.1, 0.15) is 25.0 Å². The van der Waals surface area contributed by atoms with Crippen LogP contribution >= 0.6 is 0 Å². The average Bonchev–Trinajstić information content (AvgIpc) is 2.45. The first-order valence-corrected chi connectivity index (χ1v) is 6.56. The van der Waals surface area contributed by atoms with Crippen LogP contribution < -0.4 is 0 Å². The van der Waals surface area contributed by atoms with Crippen molar-refractivity contribution in [3.05, 3.63) is 24.3 Å². The molecule has 1 saturated heterocycles. The third-order valence-electron chi connectivity index (χ3n) is 3.48. The summed E-state index contributed by atoms with van der Waals surface area (Å²) in [5.41, 5.74) is 0.720. The van der Waals surface area contributed by atoms with E-state index >= 15 is 0 Å². The molecule has 2 heterocycles. The third-order valence-corrected chi connectivity index (χ3v) is 3.48. The molecule has 4 nitrogen and oxygen atoms in total. The number of hydrogen-bond donors (Lipinski definition) is 0. The van der Waals surface area contributed by atoms with Gasteiger partial charge in [-0.1, -0.05) is 0 Å². The lowest BCUT2D eigenvalue weighted by atomic mass is 9.97. The van der Waals surface area contributed by atoms with Crippen molar-refractivity contribution in [2.45, 2.75) is 31.9 Å². The number of aryl methyl sites for hydroxylation is 1. The number of hydrogen-bond acceptors (Lipinski definition) is 3. The van der Waals surface area contributed by atoms with Crippen molar-refractivity contribution >= 4 is 5.91 Å². The molecule has 1 unspecified atom stereocenters. The minimum atomic E-state index is -4.22. The molecule has 1 aliphatic rings. The summed E-state index contributed by atoms with van der Waals surface area (Å²) in [5, 5.41) is 0. The van der Waals surface area contributed by atoms with E-state index in [0.29, 0.717) is 19.4 Å². The highest BCUT2D eigenvalue weighted by Crippen LogP contribution is 2.33. The van der Waals surface area contributed by atoms with Crippen molar-refractivity contribution in [1.82, 2.24) is 14.9 Å². The van der Waals surface area contributed by atoms with Gasteiger partial charge in [-0.05, 0) is 25.3 Å². The molecule has 7 heteroatoms. The Hall–Kier alpha value is -1.66. The first-order valence-electron chi connectivity index (χ1n) is 6.56. The van der Waals surface area contributed by atoms with Crippen LogP contribution in [0.2, 0.25) is 0 Å². The first kappa shape index (κ1) is 14.7. The SMILES string of the molecule is O=C(CCc1ccncn1)N1CCCC(C(F)(F)F)C1. The number of carbonyl (C=O) groups is 1. The molecule has 0 bridgehead atoms. The van der Waals surface area contributed by atoms with Crippen LogP contribution in [0, 0.1) is 5.92 Å². The second-order valence-electron chi connectivity index (χ2n) is 4.92. The van der Waals surface area contributed by atoms with E-state index in [9.17, 15) is 18.0 Å². The second kappa shape index (κ2) is 6.19. The Balaban J connectivity index is 1.86. The number of alkyl halides is 3. The molecule has 1 fully saturated rings. The molecule has 0 aromatic carbocycles. The van der Waals surface area contributed by atoms with Crippen molar-refractivity contribution in [3.63, 3.8) is 0 Å². The summed E-state index contributed by atoms with van der Waals surface area (Å²) in [6.07, 6.45) is -0.127. The number of aromatic nitrogens is 2. The van der Waals surface area contributed by atoms with Gasteiger partial charge in [0, 0.05) is 31.4 Å². The normalized spacial score (nSPS) is 19.9. The highest BCUT2D eigenvalue weighted by molar-refractivity contribution is 5.76. The van der Waals surface area contributed by atoms with Crippen molar-refractivity contribution in [2.75, 3.05) is 13.1 Å². The monoisotopic (exact) mass is 287 g/mol. The van der Waals surface area contributed by atoms with E-state index in [1.807, 2.05) is 0 Å². The first-order chi connectivity index (χ1) is 9.47. The van der Waals surface area contributed by atoms with Gasteiger partial charge in [0.05, 0.1) is 5.92 Å². The highest BCUT2D eigenvalue weighted by atomic mass is 19.4. The molecule has 1 atom stereocenters. The van der Waals surface area contributed by atoms with Gasteiger partial charge in [0.2, 0.25) is 5.91 Å². The van der Waals surface area contributed by atoms with Gasteiger partial charge in [-0.2, -0.15) is 13.2 Å². The lowest BCUT2D eigenvalue weighted by Crippen LogP contribution is -2.44. The van der Waals surface area contributed by atoms with Crippen LogP contribution in [0.25, 0.3) is 0 Å². The summed E-state index contributed by atoms with van der Waals surface area (Å²) < 4.78 is 38.0. The van der Waals surface area contributed by atoms with E-state index in [-0.39, 0.29) is 25.3 Å². The molecule has 1 aromatic rings. The number of amides is 1. The number of rotatable bonds is 3. The average molecular weight is 287 g/mol. The van der Waals surface area contributed by atoms with Gasteiger partial charge in [-0.3, -0.25) is 4.79 Å². The largest absolute Gasteiger partial charge is 0.393 e. The number of piperidine rings is 1. The van der Waals surface area contributed by atoms with Gasteiger partial charge in [-0.15, -0.1) is 0 Å². The van der Waals surface area contributed by atoms with Crippen molar-refractivity contribution in [3.8, 4) is 0 Å². The Bertz CT molecular complexity index is 450. The summed E-state index contributed by atoms with van der Waals surface area (Å²) in [7, 11) is 0. The molecule has 1 amide bonds. The molecule has 20 heavy (non-hydrogen) atoms. The van der Waals surface area contributed by atoms with Gasteiger partial charge in [0.25, 0.3) is 0 Å². The summed E-state index contributed by atoms with van der Waals surface area (Å²) >= 11 is 0. The molecule has 1 aromatic heterocycles. The van der Waals surface area contributed by atoms with E-state index in [1.165, 1.54) is 11.2 Å². The fourth-order valence-corrected chi connectivity index (χ4v) is 2.33. The maximum absolute atomic E-state index is 12.7. The van der Waals surface area contributed by atoms with Crippen molar-refractivity contribution < 1.29 is 18.0 Å². The van der Waals surface area contributed by atoms with Crippen LogP contribution in [0.4, 0.5) is 13.2 Å². The second-order valence-corrected chi connectivity index (χ2v) is 4.92. The van der Waals surface area contributed by atoms with E-state index in [1.54, 1.807) is 12.3 Å². The fraction of sp³-hybridized carbons (Fsp3) is 0.615. The van der Waals surface area contributed by atoms with Gasteiger partial charge < -0.3 is 4.90 Å². The van der Waals surface area contributed by atoms with Gasteiger partial charge in [-0.25, -0.2) is 9.97 Å². The Morgan fingerprint density at radius 1 is 1.45 bits per heavy atom. The zero-order chi connectivity index (χ0) is 14.6. The topological polar surface area (TPSA) is 46.1 Å². The standard InChI is InChI=1S/C13H16F3N3O/c14-13(15,16)10-2-1-7-19(8-10)12(20)4-3-11-5-6-17-9-18-11/h5-6,9-10H,1-4,7-8H2. The Morgan fingerprint density at radius 3 is 2.90 bits per heavy atom. The van der Waals surface area contributed by atoms with Gasteiger partial charge in [0.15, 0.2) is 0 Å². The zero-order valence-corrected chi connectivity index (χ0v) is 10.9. The van der Waals surface area contributed by atoms with Gasteiger partial charge in [0.1, 0.15) is 6.33 Å². The molecule has 2 rings (SSSR count). The summed E-state index contributed by atoms with van der Waals surface area (Å²) in [5.74, 6) is -1.63. The molecule has 0 spiro atoms. The minimum absolute atomic E-state index is 0.110. The van der Waals surface area contributed by atoms with E-state index in [2.05, 4.69) is 9.97 Å². The smallest absolute Gasteiger partial charge is 0.342 e. The van der Waals surface area contributed by atoms with Crippen LogP contribution in [0.5, 0.6) is 0 Å². The van der Waals surface area contributed by atoms with Crippen LogP contribution in [-0.2, 0) is 11.2 Å². The van der Waals surface area contributed by atoms with E-state index < -0.39 is 12.1 Å². The zero-order valence-electron chi connectivity index (χ0n) is 10.9. The minimum Gasteiger partial charge on any atom is -0.342 e. The molecule has 0 N–H and O–H groups in total. The van der Waals surface area contributed by atoms with Crippen LogP contribution in [0.3, 0.4) is 0 Å². The van der Waals surface area contributed by atoms with Crippen LogP contribution in [-0.4, -0.2) is 40.0 Å². The third kappa shape index (κ3) is 3.91. The molecule has 1 aliphatic heterocycles. The van der Waals surface area contributed by atoms with E-state index in [0.717, 1.165) is 5.69 Å². The van der Waals surface area contributed by atoms with Crippen LogP contribution in [0.15, 0.2) is 18.6 Å². The Morgan fingerprint density at radius 2 is 2.25 bits per heavy atom. The van der Waals surface area contributed by atoms with E-state index in [4.69, 9.17) is 0 Å². The van der Waals surface area contributed by atoms with Gasteiger partial charge >= 0.3 is 6.18 Å². The molecular formula is C13H16F3N3O. The maximum Gasteiger partial charge on any atom is 0.393 e. The maximum atomic E-state index is 12.7. The predicted molar refractivity (Wildman–Crippen MR) is 65.7 cm³/mol. The molecular weight excluding hydrogens is 271 g/mol. The molecule has 0 saturated carbocycles. The quantitative estimate of drug-likeness (QED) is 0.856. The summed E-state index contributed by atoms with van der Waals surface area (Å²) in [4.78, 5) is 21.0. The predicted octanol–water partition coefficient (Wildman–Crippen LogP) is 2.21. The number of carbonyl (C=O) groups excluding carboxylic acids is 1. The number of likely N-dealkylation sites (tertiary alicyclic amines) is 1. The molecule has 0 radical (unpaired) electrons. The Labute approximate surface area is 115 Å². The van der Waals surface area contributed by atoms with Crippen molar-refractivity contribution in [2.24, 2.45) is 5.92 Å². The number of halogens is 3. The lowest BCUT2D eigenvalue weighted by molar-refractivity contribution is -0.188. The molecule has 0 aliphatic carbocycles. The highest BCUT2D eigenvalue weighted by Gasteiger charge is 2.42. The lowest BCUT2D eigenvalue weighted by Gasteiger charge is -2.33. The molecule has 110 valence electrons. The summed E-state index contributed by atoms with van der Waals surface area (Å²) in [6.45, 7) is 0.196. The number of nitrogens with zero attached hydrogens (tertiary/aromatic N) is 3. The fourth-order valence-electron chi connectivity index (χ4n) is 2.33. The van der Waals surface area contributed by atoms with Crippen molar-refractivity contribution in [1.29, 1.82) is 0 Å².